The lowest BCUT2D eigenvalue weighted by atomic mass is 9.67. The molecule has 0 saturated heterocycles. The van der Waals surface area contributed by atoms with E-state index in [-0.39, 0.29) is 16.2 Å². The summed E-state index contributed by atoms with van der Waals surface area (Å²) in [5.74, 6) is 0. The van der Waals surface area contributed by atoms with Crippen molar-refractivity contribution in [1.82, 2.24) is 4.57 Å². The number of nitrogens with one attached hydrogen (secondary N) is 5. The minimum atomic E-state index is -0.358. The summed E-state index contributed by atoms with van der Waals surface area (Å²) in [5.41, 5.74) is 37.5. The molecule has 128 heavy (non-hydrogen) atoms. The molecule has 0 aliphatic heterocycles. The molecule has 0 amide bonds. The van der Waals surface area contributed by atoms with Gasteiger partial charge in [0.15, 0.2) is 0 Å². The number of rotatable bonds is 14. The van der Waals surface area contributed by atoms with Gasteiger partial charge in [0.2, 0.25) is 0 Å². The Balaban J connectivity index is 0.000000101. The fourth-order valence-electron chi connectivity index (χ4n) is 19.2. The molecule has 0 atom stereocenters. The van der Waals surface area contributed by atoms with Gasteiger partial charge in [-0.05, 0) is 229 Å². The van der Waals surface area contributed by atoms with Crippen molar-refractivity contribution in [2.45, 2.75) is 43.9 Å². The number of nitrogens with zero attached hydrogens (tertiary/aromatic N) is 1. The standard InChI is InChI=1S/C31H23N.C24H18N2.C24H17NO.2C21H19N/c1-4-12-23(13-5-1)31(24-14-6-2-7-15-24)29-19-11-10-18-27(29)28-21-20-26(22-30(28)31)32-25-16-8-3-9-17-25;1-3-9-18(10-4-1)25-19-15-16-22-21-13-7-8-14-23(21)26(24(22)17-19)20-11-5-2-6-12-20;1-2-7-18(8-3-1)25-19-15-13-17(14-16-19)20-10-6-11-22-21-9-4-5-12-23(21)26-24(20)22;1-21(2)19-11-7-6-10-17(19)18-14-16(12-13-20(18)21)22-15-8-4-3-5-9-15;1-21(2)19-11-7-6-10-17(19)18-13-12-16(14-20(18)21)22-15-8-4-3-5-9-15/h1-22,32H;1-17,25H;1-16,25H;2*3-14,22H,1-2H3. The van der Waals surface area contributed by atoms with Crippen LogP contribution in [0, 0.1) is 0 Å². The first-order valence-electron chi connectivity index (χ1n) is 44.0. The van der Waals surface area contributed by atoms with Crippen molar-refractivity contribution in [3.63, 3.8) is 0 Å². The molecular weight excluding hydrogens is 1550 g/mol. The van der Waals surface area contributed by atoms with Crippen LogP contribution in [0.4, 0.5) is 56.9 Å². The average molecular weight is 1650 g/mol. The first kappa shape index (κ1) is 80.2. The Bertz CT molecular complexity index is 7440. The highest BCUT2D eigenvalue weighted by Gasteiger charge is 2.46. The largest absolute Gasteiger partial charge is 0.455 e. The number of fused-ring (bicyclic) bond motifs is 15. The summed E-state index contributed by atoms with van der Waals surface area (Å²) in [5, 5.41) is 22.4. The van der Waals surface area contributed by atoms with E-state index < -0.39 is 0 Å². The van der Waals surface area contributed by atoms with Gasteiger partial charge in [0, 0.05) is 100 Å². The maximum Gasteiger partial charge on any atom is 0.143 e. The van der Waals surface area contributed by atoms with Crippen molar-refractivity contribution < 1.29 is 4.42 Å². The van der Waals surface area contributed by atoms with E-state index in [1.54, 1.807) is 0 Å². The van der Waals surface area contributed by atoms with Crippen LogP contribution < -0.4 is 26.6 Å². The highest BCUT2D eigenvalue weighted by molar-refractivity contribution is 6.11. The van der Waals surface area contributed by atoms with E-state index in [1.807, 2.05) is 84.9 Å². The van der Waals surface area contributed by atoms with Gasteiger partial charge in [-0.3, -0.25) is 0 Å². The molecule has 2 aromatic heterocycles. The van der Waals surface area contributed by atoms with E-state index in [0.717, 1.165) is 89.9 Å². The van der Waals surface area contributed by atoms with Crippen LogP contribution in [0.2, 0.25) is 0 Å². The number of furan rings is 1. The van der Waals surface area contributed by atoms with Crippen LogP contribution >= 0.6 is 0 Å². The molecule has 5 N–H and O–H groups in total. The molecule has 0 saturated carbocycles. The van der Waals surface area contributed by atoms with E-state index >= 15 is 0 Å². The van der Waals surface area contributed by atoms with Crippen molar-refractivity contribution in [1.29, 1.82) is 0 Å². The minimum absolute atomic E-state index is 0.0559. The summed E-state index contributed by atoms with van der Waals surface area (Å²) < 4.78 is 8.48. The topological polar surface area (TPSA) is 78.2 Å². The SMILES string of the molecule is CC1(C)c2ccccc2-c2cc(Nc3ccccc3)ccc21.CC1(C)c2ccccc2-c2ccc(Nc3ccccc3)cc21.c1ccc(Nc2ccc(-c3cccc4c3oc3ccccc34)cc2)cc1.c1ccc(Nc2ccc3c(c2)C(c2ccccc2)(c2ccccc2)c2ccccc2-3)cc1.c1ccc(Nc2ccc3c4ccccc4n(-c4ccccc4)c3c2)cc1. The van der Waals surface area contributed by atoms with Gasteiger partial charge in [0.1, 0.15) is 11.2 Å². The summed E-state index contributed by atoms with van der Waals surface area (Å²) in [6, 6.07) is 169. The minimum Gasteiger partial charge on any atom is -0.455 e. The lowest BCUT2D eigenvalue weighted by molar-refractivity contribution is 0.660. The first-order valence-corrected chi connectivity index (χ1v) is 44.0. The highest BCUT2D eigenvalue weighted by atomic mass is 16.3. The zero-order valence-electron chi connectivity index (χ0n) is 72.0. The van der Waals surface area contributed by atoms with Gasteiger partial charge < -0.3 is 35.6 Å². The van der Waals surface area contributed by atoms with Crippen LogP contribution in [0.3, 0.4) is 0 Å². The van der Waals surface area contributed by atoms with Gasteiger partial charge in [0.25, 0.3) is 0 Å². The third-order valence-electron chi connectivity index (χ3n) is 25.2. The zero-order chi connectivity index (χ0) is 86.4. The quantitative estimate of drug-likeness (QED) is 0.0747. The molecule has 0 radical (unpaired) electrons. The van der Waals surface area contributed by atoms with E-state index in [1.165, 1.54) is 105 Å². The van der Waals surface area contributed by atoms with Crippen molar-refractivity contribution >= 4 is 101 Å². The molecule has 3 aliphatic carbocycles. The van der Waals surface area contributed by atoms with Crippen molar-refractivity contribution in [2.75, 3.05) is 26.6 Å². The van der Waals surface area contributed by atoms with Crippen LogP contribution in [0.1, 0.15) is 72.2 Å². The first-order chi connectivity index (χ1) is 63.0. The molecule has 24 rings (SSSR count). The predicted molar refractivity (Wildman–Crippen MR) is 540 cm³/mol. The normalized spacial score (nSPS) is 12.7. The summed E-state index contributed by atoms with van der Waals surface area (Å²) >= 11 is 0. The molecule has 7 heteroatoms. The number of hydrogen-bond acceptors (Lipinski definition) is 6. The Morgan fingerprint density at radius 2 is 0.539 bits per heavy atom. The predicted octanol–water partition coefficient (Wildman–Crippen LogP) is 32.8. The maximum absolute atomic E-state index is 6.15. The lowest BCUT2D eigenvalue weighted by Gasteiger charge is -2.34. The maximum atomic E-state index is 6.15. The number of para-hydroxylation sites is 9. The van der Waals surface area contributed by atoms with Gasteiger partial charge in [-0.15, -0.1) is 0 Å². The van der Waals surface area contributed by atoms with Crippen LogP contribution in [-0.2, 0) is 16.2 Å². The Kier molecular flexibility index (Phi) is 22.1. The van der Waals surface area contributed by atoms with Gasteiger partial charge in [-0.2, -0.15) is 0 Å². The fraction of sp³-hybridized carbons (Fsp3) is 0.0579. The van der Waals surface area contributed by atoms with Gasteiger partial charge >= 0.3 is 0 Å². The van der Waals surface area contributed by atoms with E-state index in [2.05, 4.69) is 453 Å². The van der Waals surface area contributed by atoms with Crippen LogP contribution in [0.5, 0.6) is 0 Å². The summed E-state index contributed by atoms with van der Waals surface area (Å²) in [6.45, 7) is 9.23. The number of anilines is 10. The van der Waals surface area contributed by atoms with Gasteiger partial charge in [-0.25, -0.2) is 0 Å². The van der Waals surface area contributed by atoms with E-state index in [4.69, 9.17) is 4.42 Å². The van der Waals surface area contributed by atoms with Crippen molar-refractivity contribution in [2.24, 2.45) is 0 Å². The van der Waals surface area contributed by atoms with Crippen molar-refractivity contribution in [3.8, 4) is 50.2 Å². The second-order valence-corrected chi connectivity index (χ2v) is 33.9. The Morgan fingerprint density at radius 1 is 0.203 bits per heavy atom. The molecule has 0 spiro atoms. The summed E-state index contributed by atoms with van der Waals surface area (Å²) in [7, 11) is 0. The molecule has 2 heterocycles. The summed E-state index contributed by atoms with van der Waals surface area (Å²) in [6.07, 6.45) is 0. The van der Waals surface area contributed by atoms with E-state index in [0.29, 0.717) is 0 Å². The van der Waals surface area contributed by atoms with E-state index in [9.17, 15) is 0 Å². The van der Waals surface area contributed by atoms with Crippen molar-refractivity contribution in [3.05, 3.63) is 524 Å². The third kappa shape index (κ3) is 15.8. The molecule has 0 fully saturated rings. The molecular formula is C121H96N6O. The average Bonchev–Trinajstić information content (AvgIpc) is 1.53. The van der Waals surface area contributed by atoms with Crippen LogP contribution in [-0.4, -0.2) is 4.57 Å². The molecule has 21 aromatic rings. The van der Waals surface area contributed by atoms with Crippen LogP contribution in [0.25, 0.3) is 93.9 Å². The Morgan fingerprint density at radius 3 is 1.08 bits per heavy atom. The molecule has 7 nitrogen and oxygen atoms in total. The molecule has 0 bridgehead atoms. The molecule has 19 aromatic carbocycles. The smallest absolute Gasteiger partial charge is 0.143 e. The number of benzene rings is 19. The second kappa shape index (κ2) is 35.2. The third-order valence-corrected chi connectivity index (χ3v) is 25.2. The van der Waals surface area contributed by atoms with Crippen LogP contribution in [0.15, 0.2) is 484 Å². The second-order valence-electron chi connectivity index (χ2n) is 33.9. The number of hydrogen-bond donors (Lipinski definition) is 5. The van der Waals surface area contributed by atoms with Gasteiger partial charge in [0.05, 0.1) is 16.4 Å². The Labute approximate surface area is 749 Å². The highest BCUT2D eigenvalue weighted by Crippen LogP contribution is 2.57. The zero-order valence-corrected chi connectivity index (χ0v) is 72.0. The molecule has 0 unspecified atom stereocenters. The molecule has 3 aliphatic rings. The van der Waals surface area contributed by atoms with Gasteiger partial charge in [-0.1, -0.05) is 361 Å². The monoisotopic (exact) mass is 1650 g/mol. The summed E-state index contributed by atoms with van der Waals surface area (Å²) in [4.78, 5) is 0. The lowest BCUT2D eigenvalue weighted by Crippen LogP contribution is -2.28. The fourth-order valence-corrected chi connectivity index (χ4v) is 19.2. The number of aromatic nitrogens is 1. The Hall–Kier alpha value is -16.2. The molecule has 616 valence electrons.